The molecule has 0 bridgehead atoms. The average molecular weight is 221 g/mol. The Morgan fingerprint density at radius 1 is 1.62 bits per heavy atom. The molecule has 0 aromatic carbocycles. The van der Waals surface area contributed by atoms with Crippen LogP contribution in [0.3, 0.4) is 0 Å². The SMILES string of the molecule is CCC1COCCN1c1ccnc(NC)c1. The Bertz CT molecular complexity index is 343. The summed E-state index contributed by atoms with van der Waals surface area (Å²) in [7, 11) is 1.89. The molecule has 1 fully saturated rings. The maximum absolute atomic E-state index is 5.51. The Labute approximate surface area is 96.6 Å². The summed E-state index contributed by atoms with van der Waals surface area (Å²) in [6.07, 6.45) is 2.96. The van der Waals surface area contributed by atoms with Crippen LogP contribution in [-0.4, -0.2) is 37.8 Å². The van der Waals surface area contributed by atoms with Crippen LogP contribution in [0.1, 0.15) is 13.3 Å². The number of rotatable bonds is 3. The van der Waals surface area contributed by atoms with E-state index in [4.69, 9.17) is 4.74 Å². The minimum Gasteiger partial charge on any atom is -0.377 e. The van der Waals surface area contributed by atoms with Crippen LogP contribution < -0.4 is 10.2 Å². The van der Waals surface area contributed by atoms with E-state index in [-0.39, 0.29) is 0 Å². The summed E-state index contributed by atoms with van der Waals surface area (Å²) in [5.41, 5.74) is 1.23. The summed E-state index contributed by atoms with van der Waals surface area (Å²) in [6, 6.07) is 4.64. The van der Waals surface area contributed by atoms with Crippen molar-refractivity contribution in [1.82, 2.24) is 4.98 Å². The molecule has 0 amide bonds. The molecule has 1 unspecified atom stereocenters. The highest BCUT2D eigenvalue weighted by molar-refractivity contribution is 5.54. The van der Waals surface area contributed by atoms with Gasteiger partial charge in [-0.2, -0.15) is 0 Å². The number of anilines is 2. The van der Waals surface area contributed by atoms with Gasteiger partial charge in [-0.15, -0.1) is 0 Å². The Kier molecular flexibility index (Phi) is 3.62. The number of aromatic nitrogens is 1. The Morgan fingerprint density at radius 2 is 2.50 bits per heavy atom. The van der Waals surface area contributed by atoms with Crippen molar-refractivity contribution in [2.45, 2.75) is 19.4 Å². The molecular weight excluding hydrogens is 202 g/mol. The van der Waals surface area contributed by atoms with Crippen molar-refractivity contribution in [1.29, 1.82) is 0 Å². The topological polar surface area (TPSA) is 37.4 Å². The molecule has 1 saturated heterocycles. The lowest BCUT2D eigenvalue weighted by atomic mass is 10.1. The predicted octanol–water partition coefficient (Wildman–Crippen LogP) is 1.74. The third-order valence-electron chi connectivity index (χ3n) is 3.03. The molecule has 1 aliphatic heterocycles. The second-order valence-electron chi connectivity index (χ2n) is 3.98. The van der Waals surface area contributed by atoms with Crippen molar-refractivity contribution >= 4 is 11.5 Å². The van der Waals surface area contributed by atoms with Gasteiger partial charge in [0.1, 0.15) is 5.82 Å². The number of morpholine rings is 1. The van der Waals surface area contributed by atoms with Gasteiger partial charge in [0, 0.05) is 31.5 Å². The van der Waals surface area contributed by atoms with Crippen molar-refractivity contribution in [3.05, 3.63) is 18.3 Å². The van der Waals surface area contributed by atoms with E-state index < -0.39 is 0 Å². The van der Waals surface area contributed by atoms with Crippen LogP contribution in [0, 0.1) is 0 Å². The summed E-state index contributed by atoms with van der Waals surface area (Å²) in [5.74, 6) is 0.916. The van der Waals surface area contributed by atoms with Gasteiger partial charge in [-0.25, -0.2) is 4.98 Å². The first kappa shape index (κ1) is 11.2. The molecule has 88 valence electrons. The van der Waals surface area contributed by atoms with Crippen molar-refractivity contribution in [2.24, 2.45) is 0 Å². The highest BCUT2D eigenvalue weighted by Gasteiger charge is 2.21. The molecular formula is C12H19N3O. The molecule has 4 heteroatoms. The van der Waals surface area contributed by atoms with Gasteiger partial charge in [-0.1, -0.05) is 6.92 Å². The van der Waals surface area contributed by atoms with Gasteiger partial charge in [0.15, 0.2) is 0 Å². The zero-order valence-electron chi connectivity index (χ0n) is 9.94. The third-order valence-corrected chi connectivity index (χ3v) is 3.03. The molecule has 0 saturated carbocycles. The van der Waals surface area contributed by atoms with Crippen LogP contribution in [0.4, 0.5) is 11.5 Å². The minimum atomic E-state index is 0.487. The van der Waals surface area contributed by atoms with Gasteiger partial charge in [-0.3, -0.25) is 0 Å². The fourth-order valence-corrected chi connectivity index (χ4v) is 2.07. The molecule has 0 radical (unpaired) electrons. The number of pyridine rings is 1. The predicted molar refractivity (Wildman–Crippen MR) is 66.0 cm³/mol. The number of ether oxygens (including phenoxy) is 1. The van der Waals surface area contributed by atoms with E-state index in [1.807, 2.05) is 13.2 Å². The van der Waals surface area contributed by atoms with E-state index in [0.29, 0.717) is 6.04 Å². The second kappa shape index (κ2) is 5.16. The molecule has 1 aromatic heterocycles. The average Bonchev–Trinajstić information content (AvgIpc) is 2.38. The third kappa shape index (κ3) is 2.27. The largest absolute Gasteiger partial charge is 0.377 e. The number of nitrogens with one attached hydrogen (secondary N) is 1. The first-order valence-corrected chi connectivity index (χ1v) is 5.83. The zero-order valence-corrected chi connectivity index (χ0v) is 9.94. The number of nitrogens with zero attached hydrogens (tertiary/aromatic N) is 2. The van der Waals surface area contributed by atoms with Crippen LogP contribution >= 0.6 is 0 Å². The second-order valence-corrected chi connectivity index (χ2v) is 3.98. The van der Waals surface area contributed by atoms with Gasteiger partial charge in [0.05, 0.1) is 19.3 Å². The Balaban J connectivity index is 2.20. The van der Waals surface area contributed by atoms with Crippen molar-refractivity contribution in [3.63, 3.8) is 0 Å². The lowest BCUT2D eigenvalue weighted by Gasteiger charge is -2.37. The Morgan fingerprint density at radius 3 is 3.25 bits per heavy atom. The van der Waals surface area contributed by atoms with E-state index >= 15 is 0 Å². The maximum atomic E-state index is 5.51. The van der Waals surface area contributed by atoms with Crippen LogP contribution in [0.5, 0.6) is 0 Å². The molecule has 16 heavy (non-hydrogen) atoms. The highest BCUT2D eigenvalue weighted by Crippen LogP contribution is 2.22. The fraction of sp³-hybridized carbons (Fsp3) is 0.583. The van der Waals surface area contributed by atoms with E-state index in [1.54, 1.807) is 0 Å². The van der Waals surface area contributed by atoms with Gasteiger partial charge >= 0.3 is 0 Å². The maximum Gasteiger partial charge on any atom is 0.127 e. The van der Waals surface area contributed by atoms with E-state index in [1.165, 1.54) is 5.69 Å². The van der Waals surface area contributed by atoms with Gasteiger partial charge < -0.3 is 15.0 Å². The Hall–Kier alpha value is -1.29. The lowest BCUT2D eigenvalue weighted by molar-refractivity contribution is 0.0930. The molecule has 2 heterocycles. The normalized spacial score (nSPS) is 20.9. The molecule has 0 spiro atoms. The quantitative estimate of drug-likeness (QED) is 0.843. The first-order valence-electron chi connectivity index (χ1n) is 5.83. The highest BCUT2D eigenvalue weighted by atomic mass is 16.5. The van der Waals surface area contributed by atoms with Crippen molar-refractivity contribution < 1.29 is 4.74 Å². The summed E-state index contributed by atoms with van der Waals surface area (Å²) in [6.45, 7) is 4.81. The first-order chi connectivity index (χ1) is 7.85. The van der Waals surface area contributed by atoms with Crippen LogP contribution in [0.25, 0.3) is 0 Å². The fourth-order valence-electron chi connectivity index (χ4n) is 2.07. The van der Waals surface area contributed by atoms with Gasteiger partial charge in [0.25, 0.3) is 0 Å². The zero-order chi connectivity index (χ0) is 11.4. The van der Waals surface area contributed by atoms with E-state index in [2.05, 4.69) is 34.3 Å². The van der Waals surface area contributed by atoms with Crippen LogP contribution in [0.15, 0.2) is 18.3 Å². The lowest BCUT2D eigenvalue weighted by Crippen LogP contribution is -2.45. The van der Waals surface area contributed by atoms with Crippen LogP contribution in [-0.2, 0) is 4.74 Å². The van der Waals surface area contributed by atoms with Gasteiger partial charge in [0.2, 0.25) is 0 Å². The van der Waals surface area contributed by atoms with Crippen molar-refractivity contribution in [2.75, 3.05) is 37.0 Å². The monoisotopic (exact) mass is 221 g/mol. The van der Waals surface area contributed by atoms with Crippen LogP contribution in [0.2, 0.25) is 0 Å². The minimum absolute atomic E-state index is 0.487. The molecule has 1 aromatic rings. The van der Waals surface area contributed by atoms with Gasteiger partial charge in [-0.05, 0) is 12.5 Å². The molecule has 1 atom stereocenters. The molecule has 2 rings (SSSR count). The molecule has 1 N–H and O–H groups in total. The summed E-state index contributed by atoms with van der Waals surface area (Å²) in [5, 5.41) is 3.07. The standard InChI is InChI=1S/C12H19N3O/c1-3-10-9-16-7-6-15(10)11-4-5-14-12(8-11)13-2/h4-5,8,10H,3,6-7,9H2,1-2H3,(H,13,14). The number of hydrogen-bond acceptors (Lipinski definition) is 4. The van der Waals surface area contributed by atoms with E-state index in [9.17, 15) is 0 Å². The molecule has 4 nitrogen and oxygen atoms in total. The number of hydrogen-bond donors (Lipinski definition) is 1. The molecule has 0 aliphatic carbocycles. The summed E-state index contributed by atoms with van der Waals surface area (Å²) < 4.78 is 5.51. The summed E-state index contributed by atoms with van der Waals surface area (Å²) in [4.78, 5) is 6.64. The van der Waals surface area contributed by atoms with E-state index in [0.717, 1.165) is 32.0 Å². The summed E-state index contributed by atoms with van der Waals surface area (Å²) >= 11 is 0. The molecule has 1 aliphatic rings. The van der Waals surface area contributed by atoms with Crippen molar-refractivity contribution in [3.8, 4) is 0 Å². The smallest absolute Gasteiger partial charge is 0.127 e.